The van der Waals surface area contributed by atoms with Crippen molar-refractivity contribution in [2.24, 2.45) is 0 Å². The quantitative estimate of drug-likeness (QED) is 0.660. The Bertz CT molecular complexity index is 942. The van der Waals surface area contributed by atoms with E-state index in [9.17, 15) is 27.2 Å². The zero-order valence-corrected chi connectivity index (χ0v) is 17.5. The predicted octanol–water partition coefficient (Wildman–Crippen LogP) is 3.43. The normalized spacial score (nSPS) is 16.4. The Morgan fingerprint density at radius 2 is 1.62 bits per heavy atom. The number of nitrogens with one attached hydrogen (secondary N) is 2. The molecule has 32 heavy (non-hydrogen) atoms. The van der Waals surface area contributed by atoms with Crippen molar-refractivity contribution in [2.45, 2.75) is 19.1 Å². The average Bonchev–Trinajstić information content (AvgIpc) is 2.73. The van der Waals surface area contributed by atoms with Crippen molar-refractivity contribution in [1.29, 1.82) is 0 Å². The maximum Gasteiger partial charge on any atom is 0.416 e. The molecule has 1 heterocycles. The van der Waals surface area contributed by atoms with Gasteiger partial charge in [0.15, 0.2) is 0 Å². The number of alkyl halides is 3. The number of hydrogen-bond donors (Lipinski definition) is 2. The molecule has 172 valence electrons. The van der Waals surface area contributed by atoms with Gasteiger partial charge in [0.05, 0.1) is 18.2 Å². The number of carbonyl (C=O) groups excluding carboxylic acids is 2. The van der Waals surface area contributed by atoms with E-state index >= 15 is 0 Å². The molecule has 1 atom stereocenters. The van der Waals surface area contributed by atoms with Crippen LogP contribution in [0, 0.1) is 5.82 Å². The molecule has 0 aromatic heterocycles. The zero-order chi connectivity index (χ0) is 23.3. The summed E-state index contributed by atoms with van der Waals surface area (Å²) in [6.07, 6.45) is -4.43. The summed E-state index contributed by atoms with van der Waals surface area (Å²) in [6, 6.07) is 9.47. The molecule has 2 N–H and O–H groups in total. The van der Waals surface area contributed by atoms with Gasteiger partial charge in [-0.15, -0.1) is 0 Å². The Morgan fingerprint density at radius 3 is 2.22 bits per heavy atom. The van der Waals surface area contributed by atoms with Crippen LogP contribution in [0.15, 0.2) is 48.5 Å². The lowest BCUT2D eigenvalue weighted by molar-refractivity contribution is -0.137. The van der Waals surface area contributed by atoms with Gasteiger partial charge in [-0.1, -0.05) is 6.07 Å². The molecule has 10 heteroatoms. The molecule has 1 aliphatic rings. The second-order valence-corrected chi connectivity index (χ2v) is 7.61. The summed E-state index contributed by atoms with van der Waals surface area (Å²) in [4.78, 5) is 28.6. The number of rotatable bonds is 6. The molecule has 0 unspecified atom stereocenters. The minimum Gasteiger partial charge on any atom is -0.325 e. The van der Waals surface area contributed by atoms with Crippen molar-refractivity contribution in [3.05, 3.63) is 59.9 Å². The standard InChI is InChI=1S/C22H24F4N4O2/c1-15(21(32)28-18-7-5-16(6-8-18)22(24,25)26)30-11-9-29(10-12-30)14-20(31)27-19-4-2-3-17(23)13-19/h2-8,13,15H,9-12,14H2,1H3,(H,27,31)(H,28,32)/t15-/m0/s1. The number of benzene rings is 2. The monoisotopic (exact) mass is 452 g/mol. The summed E-state index contributed by atoms with van der Waals surface area (Å²) in [5.41, 5.74) is -0.0918. The average molecular weight is 452 g/mol. The highest BCUT2D eigenvalue weighted by atomic mass is 19.4. The van der Waals surface area contributed by atoms with E-state index in [1.54, 1.807) is 13.0 Å². The topological polar surface area (TPSA) is 64.7 Å². The zero-order valence-electron chi connectivity index (χ0n) is 17.5. The number of amides is 2. The van der Waals surface area contributed by atoms with Crippen LogP contribution in [-0.2, 0) is 15.8 Å². The Kier molecular flexibility index (Phi) is 7.47. The lowest BCUT2D eigenvalue weighted by atomic mass is 10.1. The summed E-state index contributed by atoms with van der Waals surface area (Å²) in [6.45, 7) is 4.11. The van der Waals surface area contributed by atoms with Gasteiger partial charge in [-0.25, -0.2) is 4.39 Å². The van der Waals surface area contributed by atoms with Gasteiger partial charge in [-0.3, -0.25) is 19.4 Å². The van der Waals surface area contributed by atoms with Crippen LogP contribution in [-0.4, -0.2) is 60.4 Å². The first-order valence-electron chi connectivity index (χ1n) is 10.1. The van der Waals surface area contributed by atoms with Crippen LogP contribution in [0.1, 0.15) is 12.5 Å². The Hall–Kier alpha value is -2.98. The number of piperazine rings is 1. The highest BCUT2D eigenvalue weighted by molar-refractivity contribution is 5.94. The first-order valence-corrected chi connectivity index (χ1v) is 10.1. The van der Waals surface area contributed by atoms with Gasteiger partial charge < -0.3 is 10.6 Å². The van der Waals surface area contributed by atoms with Crippen LogP contribution in [0.4, 0.5) is 28.9 Å². The smallest absolute Gasteiger partial charge is 0.325 e. The molecule has 0 radical (unpaired) electrons. The SMILES string of the molecule is C[C@@H](C(=O)Nc1ccc(C(F)(F)F)cc1)N1CCN(CC(=O)Nc2cccc(F)c2)CC1. The molecule has 0 aliphatic carbocycles. The van der Waals surface area contributed by atoms with Crippen molar-refractivity contribution in [1.82, 2.24) is 9.80 Å². The molecule has 1 fully saturated rings. The lowest BCUT2D eigenvalue weighted by Gasteiger charge is -2.37. The fourth-order valence-electron chi connectivity index (χ4n) is 3.43. The Morgan fingerprint density at radius 1 is 0.969 bits per heavy atom. The van der Waals surface area contributed by atoms with Gasteiger partial charge >= 0.3 is 6.18 Å². The fourth-order valence-corrected chi connectivity index (χ4v) is 3.43. The van der Waals surface area contributed by atoms with E-state index in [2.05, 4.69) is 10.6 Å². The van der Waals surface area contributed by atoms with Crippen LogP contribution in [0.25, 0.3) is 0 Å². The van der Waals surface area contributed by atoms with E-state index in [4.69, 9.17) is 0 Å². The summed E-state index contributed by atoms with van der Waals surface area (Å²) < 4.78 is 51.2. The van der Waals surface area contributed by atoms with Crippen molar-refractivity contribution >= 4 is 23.2 Å². The second-order valence-electron chi connectivity index (χ2n) is 7.61. The van der Waals surface area contributed by atoms with Crippen molar-refractivity contribution in [2.75, 3.05) is 43.4 Å². The first kappa shape index (κ1) is 23.7. The van der Waals surface area contributed by atoms with Gasteiger partial charge in [0.2, 0.25) is 11.8 Å². The van der Waals surface area contributed by atoms with Crippen LogP contribution in [0.2, 0.25) is 0 Å². The van der Waals surface area contributed by atoms with Gasteiger partial charge in [-0.05, 0) is 49.4 Å². The number of halogens is 4. The van der Waals surface area contributed by atoms with Gasteiger partial charge in [0, 0.05) is 37.6 Å². The molecule has 0 spiro atoms. The third-order valence-electron chi connectivity index (χ3n) is 5.29. The Balaban J connectivity index is 1.44. The maximum atomic E-state index is 13.2. The minimum atomic E-state index is -4.43. The van der Waals surface area contributed by atoms with E-state index in [0.717, 1.165) is 12.1 Å². The van der Waals surface area contributed by atoms with Gasteiger partial charge in [0.1, 0.15) is 5.82 Å². The molecule has 1 saturated heterocycles. The van der Waals surface area contributed by atoms with Crippen molar-refractivity contribution in [3.63, 3.8) is 0 Å². The molecule has 1 aliphatic heterocycles. The lowest BCUT2D eigenvalue weighted by Crippen LogP contribution is -2.53. The number of carbonyl (C=O) groups is 2. The molecule has 6 nitrogen and oxygen atoms in total. The van der Waals surface area contributed by atoms with Crippen LogP contribution >= 0.6 is 0 Å². The van der Waals surface area contributed by atoms with Gasteiger partial charge in [-0.2, -0.15) is 13.2 Å². The molecule has 2 aromatic carbocycles. The van der Waals surface area contributed by atoms with E-state index in [1.807, 2.05) is 9.80 Å². The predicted molar refractivity (Wildman–Crippen MR) is 113 cm³/mol. The summed E-state index contributed by atoms with van der Waals surface area (Å²) >= 11 is 0. The second kappa shape index (κ2) is 10.1. The highest BCUT2D eigenvalue weighted by Crippen LogP contribution is 2.29. The fraction of sp³-hybridized carbons (Fsp3) is 0.364. The summed E-state index contributed by atoms with van der Waals surface area (Å²) in [5.74, 6) is -1.00. The van der Waals surface area contributed by atoms with E-state index in [0.29, 0.717) is 37.6 Å². The van der Waals surface area contributed by atoms with Crippen molar-refractivity contribution < 1.29 is 27.2 Å². The minimum absolute atomic E-state index is 0.149. The summed E-state index contributed by atoms with van der Waals surface area (Å²) in [7, 11) is 0. The number of nitrogens with zero attached hydrogens (tertiary/aromatic N) is 2. The molecular weight excluding hydrogens is 428 g/mol. The molecule has 2 aromatic rings. The third kappa shape index (κ3) is 6.51. The molecule has 0 saturated carbocycles. The first-order chi connectivity index (χ1) is 15.1. The number of anilines is 2. The van der Waals surface area contributed by atoms with Crippen molar-refractivity contribution in [3.8, 4) is 0 Å². The van der Waals surface area contributed by atoms with E-state index in [-0.39, 0.29) is 18.4 Å². The molecular formula is C22H24F4N4O2. The van der Waals surface area contributed by atoms with Crippen LogP contribution in [0.5, 0.6) is 0 Å². The van der Waals surface area contributed by atoms with Crippen LogP contribution < -0.4 is 10.6 Å². The number of hydrogen-bond acceptors (Lipinski definition) is 4. The van der Waals surface area contributed by atoms with Crippen LogP contribution in [0.3, 0.4) is 0 Å². The van der Waals surface area contributed by atoms with E-state index < -0.39 is 23.6 Å². The highest BCUT2D eigenvalue weighted by Gasteiger charge is 2.30. The van der Waals surface area contributed by atoms with Gasteiger partial charge in [0.25, 0.3) is 0 Å². The molecule has 2 amide bonds. The maximum absolute atomic E-state index is 13.2. The molecule has 0 bridgehead atoms. The molecule has 3 rings (SSSR count). The third-order valence-corrected chi connectivity index (χ3v) is 5.29. The largest absolute Gasteiger partial charge is 0.416 e. The van der Waals surface area contributed by atoms with E-state index in [1.165, 1.54) is 30.3 Å². The summed E-state index contributed by atoms with van der Waals surface area (Å²) in [5, 5.41) is 5.29. The Labute approximate surface area is 183 Å².